The van der Waals surface area contributed by atoms with Crippen LogP contribution in [0.1, 0.15) is 31.2 Å². The fraction of sp³-hybridized carbons (Fsp3) is 0.652. The lowest BCUT2D eigenvalue weighted by Gasteiger charge is -2.42. The zero-order valence-electron chi connectivity index (χ0n) is 18.0. The molecule has 0 radical (unpaired) electrons. The fourth-order valence-electron chi connectivity index (χ4n) is 4.46. The van der Waals surface area contributed by atoms with Gasteiger partial charge in [-0.1, -0.05) is 30.3 Å². The highest BCUT2D eigenvalue weighted by atomic mass is 16.2. The molecule has 3 rings (SSSR count). The molecule has 0 unspecified atom stereocenters. The number of hydrogen-bond acceptors (Lipinski definition) is 4. The van der Waals surface area contributed by atoms with Crippen molar-refractivity contribution in [2.24, 2.45) is 5.92 Å². The molecular weight excluding hydrogens is 364 g/mol. The average Bonchev–Trinajstić information content (AvgIpc) is 2.77. The molecule has 0 aromatic heterocycles. The molecule has 1 atom stereocenters. The highest BCUT2D eigenvalue weighted by molar-refractivity contribution is 5.85. The van der Waals surface area contributed by atoms with Crippen molar-refractivity contribution >= 4 is 11.8 Å². The summed E-state index contributed by atoms with van der Waals surface area (Å²) in [6, 6.07) is 11.3. The van der Waals surface area contributed by atoms with E-state index in [0.717, 1.165) is 52.0 Å². The summed E-state index contributed by atoms with van der Waals surface area (Å²) in [6.07, 6.45) is 5.47. The molecule has 6 nitrogen and oxygen atoms in total. The van der Waals surface area contributed by atoms with Gasteiger partial charge in [0, 0.05) is 33.2 Å². The van der Waals surface area contributed by atoms with Gasteiger partial charge in [-0.25, -0.2) is 0 Å². The maximum absolute atomic E-state index is 12.5. The first kappa shape index (κ1) is 21.8. The van der Waals surface area contributed by atoms with Gasteiger partial charge in [-0.3, -0.25) is 14.5 Å². The van der Waals surface area contributed by atoms with E-state index in [1.165, 1.54) is 23.3 Å². The molecule has 0 saturated carbocycles. The van der Waals surface area contributed by atoms with Crippen LogP contribution < -0.4 is 5.32 Å². The van der Waals surface area contributed by atoms with Gasteiger partial charge in [0.05, 0.1) is 12.5 Å². The molecular formula is C23H36N4O2. The maximum Gasteiger partial charge on any atom is 0.241 e. The van der Waals surface area contributed by atoms with E-state index in [9.17, 15) is 9.59 Å². The minimum atomic E-state index is -0.0612. The van der Waals surface area contributed by atoms with Crippen LogP contribution in [0.15, 0.2) is 30.3 Å². The molecule has 0 spiro atoms. The average molecular weight is 401 g/mol. The lowest BCUT2D eigenvalue weighted by Crippen LogP contribution is -2.51. The van der Waals surface area contributed by atoms with E-state index in [4.69, 9.17) is 0 Å². The van der Waals surface area contributed by atoms with Crippen molar-refractivity contribution in [1.29, 1.82) is 0 Å². The van der Waals surface area contributed by atoms with E-state index in [0.29, 0.717) is 6.04 Å². The topological polar surface area (TPSA) is 55.9 Å². The van der Waals surface area contributed by atoms with Gasteiger partial charge < -0.3 is 15.1 Å². The van der Waals surface area contributed by atoms with Gasteiger partial charge in [-0.15, -0.1) is 0 Å². The minimum Gasteiger partial charge on any atom is -0.347 e. The molecule has 2 heterocycles. The first-order valence-electron chi connectivity index (χ1n) is 11.0. The fourth-order valence-corrected chi connectivity index (χ4v) is 4.46. The van der Waals surface area contributed by atoms with Crippen molar-refractivity contribution in [3.05, 3.63) is 35.9 Å². The Labute approximate surface area is 175 Å². The Balaban J connectivity index is 1.40. The summed E-state index contributed by atoms with van der Waals surface area (Å²) in [7, 11) is 3.42. The largest absolute Gasteiger partial charge is 0.347 e. The second-order valence-corrected chi connectivity index (χ2v) is 8.65. The molecule has 0 aliphatic carbocycles. The van der Waals surface area contributed by atoms with Crippen LogP contribution in [0.3, 0.4) is 0 Å². The molecule has 6 heteroatoms. The molecule has 160 valence electrons. The minimum absolute atomic E-state index is 0.00909. The van der Waals surface area contributed by atoms with Crippen molar-refractivity contribution in [1.82, 2.24) is 20.0 Å². The van der Waals surface area contributed by atoms with Gasteiger partial charge in [0.2, 0.25) is 11.8 Å². The van der Waals surface area contributed by atoms with Crippen LogP contribution in [-0.2, 0) is 16.0 Å². The lowest BCUT2D eigenvalue weighted by molar-refractivity contribution is -0.133. The summed E-state index contributed by atoms with van der Waals surface area (Å²) < 4.78 is 0. The van der Waals surface area contributed by atoms with E-state index in [2.05, 4.69) is 45.4 Å². The molecule has 0 bridgehead atoms. The molecule has 29 heavy (non-hydrogen) atoms. The Morgan fingerprint density at radius 3 is 2.48 bits per heavy atom. The number of likely N-dealkylation sites (N-methyl/N-ethyl adjacent to an activating group) is 1. The van der Waals surface area contributed by atoms with E-state index in [1.54, 1.807) is 14.1 Å². The first-order valence-corrected chi connectivity index (χ1v) is 11.0. The summed E-state index contributed by atoms with van der Waals surface area (Å²) >= 11 is 0. The number of nitrogens with one attached hydrogen (secondary N) is 1. The number of carbonyl (C=O) groups is 2. The molecule has 2 amide bonds. The zero-order valence-corrected chi connectivity index (χ0v) is 18.0. The van der Waals surface area contributed by atoms with Crippen LogP contribution in [0.25, 0.3) is 0 Å². The van der Waals surface area contributed by atoms with Gasteiger partial charge in [0.15, 0.2) is 0 Å². The van der Waals surface area contributed by atoms with Crippen molar-refractivity contribution in [3.8, 4) is 0 Å². The Morgan fingerprint density at radius 1 is 1.07 bits per heavy atom. The Kier molecular flexibility index (Phi) is 8.07. The second-order valence-electron chi connectivity index (χ2n) is 8.65. The maximum atomic E-state index is 12.5. The van der Waals surface area contributed by atoms with Gasteiger partial charge in [-0.2, -0.15) is 0 Å². The predicted molar refractivity (Wildman–Crippen MR) is 116 cm³/mol. The van der Waals surface area contributed by atoms with E-state index in [1.807, 2.05) is 0 Å². The van der Waals surface area contributed by atoms with Crippen LogP contribution in [0.5, 0.6) is 0 Å². The monoisotopic (exact) mass is 400 g/mol. The third-order valence-electron chi connectivity index (χ3n) is 6.37. The summed E-state index contributed by atoms with van der Waals surface area (Å²) in [5, 5.41) is 2.83. The molecule has 1 aromatic carbocycles. The smallest absolute Gasteiger partial charge is 0.241 e. The second kappa shape index (κ2) is 10.7. The molecule has 2 aliphatic heterocycles. The van der Waals surface area contributed by atoms with E-state index >= 15 is 0 Å². The highest BCUT2D eigenvalue weighted by Gasteiger charge is 2.31. The van der Waals surface area contributed by atoms with Gasteiger partial charge in [-0.05, 0) is 57.3 Å². The molecule has 2 aliphatic rings. The third-order valence-corrected chi connectivity index (χ3v) is 6.37. The van der Waals surface area contributed by atoms with Crippen LogP contribution in [-0.4, -0.2) is 85.9 Å². The van der Waals surface area contributed by atoms with Gasteiger partial charge >= 0.3 is 0 Å². The van der Waals surface area contributed by atoms with Crippen LogP contribution >= 0.6 is 0 Å². The molecule has 1 N–H and O–H groups in total. The first-order chi connectivity index (χ1) is 14.0. The number of rotatable bonds is 7. The van der Waals surface area contributed by atoms with Crippen molar-refractivity contribution in [2.45, 2.75) is 38.1 Å². The number of likely N-dealkylation sites (tertiary alicyclic amines) is 2. The van der Waals surface area contributed by atoms with Gasteiger partial charge in [0.1, 0.15) is 0 Å². The summed E-state index contributed by atoms with van der Waals surface area (Å²) in [6.45, 7) is 5.43. The summed E-state index contributed by atoms with van der Waals surface area (Å²) in [5.41, 5.74) is 1.41. The number of benzene rings is 1. The highest BCUT2D eigenvalue weighted by Crippen LogP contribution is 2.24. The van der Waals surface area contributed by atoms with E-state index < -0.39 is 0 Å². The Hall–Kier alpha value is -1.92. The lowest BCUT2D eigenvalue weighted by atomic mass is 9.93. The predicted octanol–water partition coefficient (Wildman–Crippen LogP) is 1.61. The third kappa shape index (κ3) is 6.54. The number of carbonyl (C=O) groups excluding carboxylic acids is 2. The van der Waals surface area contributed by atoms with Crippen LogP contribution in [0, 0.1) is 5.92 Å². The van der Waals surface area contributed by atoms with Crippen molar-refractivity contribution in [3.63, 3.8) is 0 Å². The standard InChI is InChI=1S/C23H36N4O2/c1-25(2)22(28)17-24-23(29)20-9-6-13-27(18-20)21-11-15-26(16-12-21)14-10-19-7-4-3-5-8-19/h3-5,7-8,20-21H,6,9-18H2,1-2H3,(H,24,29)/t20-/m0/s1. The Morgan fingerprint density at radius 2 is 1.79 bits per heavy atom. The Bertz CT molecular complexity index is 656. The normalized spacial score (nSPS) is 21.7. The number of hydrogen-bond donors (Lipinski definition) is 1. The van der Waals surface area contributed by atoms with Crippen LogP contribution in [0.2, 0.25) is 0 Å². The number of amides is 2. The SMILES string of the molecule is CN(C)C(=O)CNC(=O)[C@H]1CCCN(C2CCN(CCc3ccccc3)CC2)C1. The van der Waals surface area contributed by atoms with E-state index in [-0.39, 0.29) is 24.3 Å². The molecule has 1 aromatic rings. The quantitative estimate of drug-likeness (QED) is 0.756. The number of piperidine rings is 2. The molecule has 2 fully saturated rings. The van der Waals surface area contributed by atoms with Crippen molar-refractivity contribution in [2.75, 3.05) is 53.4 Å². The number of nitrogens with zero attached hydrogens (tertiary/aromatic N) is 3. The summed E-state index contributed by atoms with van der Waals surface area (Å²) in [4.78, 5) is 30.8. The van der Waals surface area contributed by atoms with Gasteiger partial charge in [0.25, 0.3) is 0 Å². The zero-order chi connectivity index (χ0) is 20.6. The summed E-state index contributed by atoms with van der Waals surface area (Å²) in [5.74, 6) is -0.0195. The van der Waals surface area contributed by atoms with Crippen molar-refractivity contribution < 1.29 is 9.59 Å². The van der Waals surface area contributed by atoms with Crippen LogP contribution in [0.4, 0.5) is 0 Å². The molecule has 2 saturated heterocycles.